The number of benzene rings is 2. The van der Waals surface area contributed by atoms with Crippen LogP contribution in [0.5, 0.6) is 0 Å². The van der Waals surface area contributed by atoms with Crippen LogP contribution < -0.4 is 0 Å². The zero-order valence-corrected chi connectivity index (χ0v) is 11.5. The number of rotatable bonds is 1. The Morgan fingerprint density at radius 1 is 1.14 bits per heavy atom. The van der Waals surface area contributed by atoms with Gasteiger partial charge in [0.05, 0.1) is 17.2 Å². The summed E-state index contributed by atoms with van der Waals surface area (Å²) in [6.07, 6.45) is -4.40. The van der Waals surface area contributed by atoms with Crippen LogP contribution >= 0.6 is 11.6 Å². The summed E-state index contributed by atoms with van der Waals surface area (Å²) in [5.41, 5.74) is 0.621. The topological polar surface area (TPSA) is 30.4 Å². The zero-order chi connectivity index (χ0) is 15.9. The number of fused-ring (bicyclic) bond motifs is 1. The lowest BCUT2D eigenvalue weighted by Crippen LogP contribution is -2.03. The Labute approximate surface area is 127 Å². The Kier molecular flexibility index (Phi) is 3.30. The van der Waals surface area contributed by atoms with E-state index in [9.17, 15) is 13.2 Å². The zero-order valence-electron chi connectivity index (χ0n) is 10.8. The number of alkyl halides is 3. The van der Waals surface area contributed by atoms with Crippen molar-refractivity contribution in [2.75, 3.05) is 0 Å². The maximum absolute atomic E-state index is 12.5. The van der Waals surface area contributed by atoms with Crippen LogP contribution in [-0.4, -0.2) is 4.98 Å². The molecule has 1 heterocycles. The summed E-state index contributed by atoms with van der Waals surface area (Å²) >= 11 is 6.01. The van der Waals surface area contributed by atoms with Gasteiger partial charge in [-0.25, -0.2) is 9.83 Å². The molecule has 0 fully saturated rings. The predicted octanol–water partition coefficient (Wildman–Crippen LogP) is 5.72. The molecular formula is C15H6ClF3N2O. The third-order valence-corrected chi connectivity index (χ3v) is 3.31. The normalized spacial score (nSPS) is 11.6. The lowest BCUT2D eigenvalue weighted by molar-refractivity contribution is -0.137. The minimum absolute atomic E-state index is 0.146. The monoisotopic (exact) mass is 322 g/mol. The highest BCUT2D eigenvalue weighted by Crippen LogP contribution is 2.34. The molecule has 0 aliphatic carbocycles. The van der Waals surface area contributed by atoms with Crippen molar-refractivity contribution in [3.8, 4) is 11.5 Å². The predicted molar refractivity (Wildman–Crippen MR) is 75.7 cm³/mol. The Bertz CT molecular complexity index is 892. The Morgan fingerprint density at radius 3 is 2.41 bits per heavy atom. The standard InChI is InChI=1S/C15H6ClF3N2O/c1-20-10-6-11(16)13-12(7-10)22-14(21-13)8-2-4-9(5-3-8)15(17,18)19/h2-7H. The molecule has 0 unspecified atom stereocenters. The van der Waals surface area contributed by atoms with Crippen LogP contribution in [0.4, 0.5) is 18.9 Å². The lowest BCUT2D eigenvalue weighted by Gasteiger charge is -2.05. The van der Waals surface area contributed by atoms with E-state index in [2.05, 4.69) is 9.83 Å². The first kappa shape index (κ1) is 14.4. The van der Waals surface area contributed by atoms with E-state index in [1.165, 1.54) is 24.3 Å². The third-order valence-electron chi connectivity index (χ3n) is 3.02. The van der Waals surface area contributed by atoms with Gasteiger partial charge in [0.2, 0.25) is 5.89 Å². The summed E-state index contributed by atoms with van der Waals surface area (Å²) < 4.78 is 43.1. The Morgan fingerprint density at radius 2 is 1.82 bits per heavy atom. The van der Waals surface area contributed by atoms with E-state index in [1.54, 1.807) is 0 Å². The van der Waals surface area contributed by atoms with Gasteiger partial charge in [0.15, 0.2) is 5.69 Å². The first-order valence-corrected chi connectivity index (χ1v) is 6.41. The molecule has 0 saturated carbocycles. The summed E-state index contributed by atoms with van der Waals surface area (Å²) in [7, 11) is 0. The molecule has 7 heteroatoms. The Balaban J connectivity index is 2.07. The van der Waals surface area contributed by atoms with Crippen molar-refractivity contribution in [1.29, 1.82) is 0 Å². The van der Waals surface area contributed by atoms with Crippen molar-refractivity contribution >= 4 is 28.4 Å². The molecule has 0 spiro atoms. The molecule has 0 radical (unpaired) electrons. The molecule has 1 aromatic heterocycles. The molecule has 3 nitrogen and oxygen atoms in total. The van der Waals surface area contributed by atoms with Crippen molar-refractivity contribution < 1.29 is 17.6 Å². The molecule has 0 aliphatic heterocycles. The summed E-state index contributed by atoms with van der Waals surface area (Å²) in [5, 5.41) is 0.255. The molecular weight excluding hydrogens is 317 g/mol. The maximum Gasteiger partial charge on any atom is 0.416 e. The van der Waals surface area contributed by atoms with E-state index in [1.807, 2.05) is 0 Å². The fourth-order valence-electron chi connectivity index (χ4n) is 1.96. The van der Waals surface area contributed by atoms with E-state index < -0.39 is 11.7 Å². The van der Waals surface area contributed by atoms with Crippen molar-refractivity contribution in [3.05, 3.63) is 58.4 Å². The number of hydrogen-bond donors (Lipinski definition) is 0. The maximum atomic E-state index is 12.5. The molecule has 0 aliphatic rings. The van der Waals surface area contributed by atoms with Gasteiger partial charge < -0.3 is 4.42 Å². The highest BCUT2D eigenvalue weighted by Gasteiger charge is 2.30. The quantitative estimate of drug-likeness (QED) is 0.536. The fourth-order valence-corrected chi connectivity index (χ4v) is 2.21. The van der Waals surface area contributed by atoms with Gasteiger partial charge in [-0.1, -0.05) is 11.6 Å². The van der Waals surface area contributed by atoms with E-state index >= 15 is 0 Å². The number of nitrogens with zero attached hydrogens (tertiary/aromatic N) is 2. The third kappa shape index (κ3) is 2.51. The molecule has 0 atom stereocenters. The van der Waals surface area contributed by atoms with E-state index in [0.29, 0.717) is 22.4 Å². The molecule has 0 N–H and O–H groups in total. The molecule has 22 heavy (non-hydrogen) atoms. The average Bonchev–Trinajstić information content (AvgIpc) is 2.91. The SMILES string of the molecule is [C-]#[N+]c1cc(Cl)c2nc(-c3ccc(C(F)(F)F)cc3)oc2c1. The van der Waals surface area contributed by atoms with Gasteiger partial charge in [-0.15, -0.1) is 0 Å². The molecule has 3 rings (SSSR count). The molecule has 0 bridgehead atoms. The first-order valence-electron chi connectivity index (χ1n) is 6.03. The van der Waals surface area contributed by atoms with Gasteiger partial charge >= 0.3 is 6.18 Å². The van der Waals surface area contributed by atoms with E-state index in [4.69, 9.17) is 22.6 Å². The highest BCUT2D eigenvalue weighted by atomic mass is 35.5. The minimum Gasteiger partial charge on any atom is -0.437 e. The van der Waals surface area contributed by atoms with Crippen molar-refractivity contribution in [2.45, 2.75) is 6.18 Å². The minimum atomic E-state index is -4.40. The number of oxazole rings is 1. The van der Waals surface area contributed by atoms with Gasteiger partial charge in [0.1, 0.15) is 11.1 Å². The van der Waals surface area contributed by atoms with Crippen LogP contribution in [0.15, 0.2) is 40.8 Å². The first-order chi connectivity index (χ1) is 10.4. The van der Waals surface area contributed by atoms with Crippen LogP contribution in [0.2, 0.25) is 5.02 Å². The van der Waals surface area contributed by atoms with Crippen LogP contribution in [-0.2, 0) is 6.18 Å². The van der Waals surface area contributed by atoms with Crippen molar-refractivity contribution in [3.63, 3.8) is 0 Å². The second-order valence-electron chi connectivity index (χ2n) is 4.48. The summed E-state index contributed by atoms with van der Waals surface area (Å²) in [6.45, 7) is 6.97. The van der Waals surface area contributed by atoms with Crippen LogP contribution in [0.25, 0.3) is 27.4 Å². The largest absolute Gasteiger partial charge is 0.437 e. The summed E-state index contributed by atoms with van der Waals surface area (Å²) in [6, 6.07) is 7.39. The second kappa shape index (κ2) is 5.04. The van der Waals surface area contributed by atoms with Gasteiger partial charge in [-0.2, -0.15) is 13.2 Å². The van der Waals surface area contributed by atoms with Gasteiger partial charge in [0.25, 0.3) is 0 Å². The highest BCUT2D eigenvalue weighted by molar-refractivity contribution is 6.35. The summed E-state index contributed by atoms with van der Waals surface area (Å²) in [5.74, 6) is 0.146. The molecule has 110 valence electrons. The molecule has 0 saturated heterocycles. The van der Waals surface area contributed by atoms with Crippen LogP contribution in [0, 0.1) is 6.57 Å². The van der Waals surface area contributed by atoms with Gasteiger partial charge in [-0.05, 0) is 36.4 Å². The molecule has 0 amide bonds. The summed E-state index contributed by atoms with van der Waals surface area (Å²) in [4.78, 5) is 7.42. The van der Waals surface area contributed by atoms with Crippen molar-refractivity contribution in [2.24, 2.45) is 0 Å². The molecule has 3 aromatic rings. The van der Waals surface area contributed by atoms with E-state index in [-0.39, 0.29) is 10.9 Å². The van der Waals surface area contributed by atoms with Crippen molar-refractivity contribution in [1.82, 2.24) is 4.98 Å². The van der Waals surface area contributed by atoms with Gasteiger partial charge in [-0.3, -0.25) is 0 Å². The lowest BCUT2D eigenvalue weighted by atomic mass is 10.1. The van der Waals surface area contributed by atoms with Gasteiger partial charge in [0, 0.05) is 5.56 Å². The molecule has 2 aromatic carbocycles. The number of hydrogen-bond acceptors (Lipinski definition) is 2. The Hall–Kier alpha value is -2.52. The van der Waals surface area contributed by atoms with Crippen LogP contribution in [0.3, 0.4) is 0 Å². The number of aromatic nitrogens is 1. The van der Waals surface area contributed by atoms with E-state index in [0.717, 1.165) is 12.1 Å². The van der Waals surface area contributed by atoms with Crippen LogP contribution in [0.1, 0.15) is 5.56 Å². The number of halogens is 4. The fraction of sp³-hybridized carbons (Fsp3) is 0.0667. The smallest absolute Gasteiger partial charge is 0.416 e. The average molecular weight is 323 g/mol. The second-order valence-corrected chi connectivity index (χ2v) is 4.89.